The minimum Gasteiger partial charge on any atom is -0.335 e. The van der Waals surface area contributed by atoms with E-state index in [1.807, 2.05) is 0 Å². The number of nitrogens with zero attached hydrogens (tertiary/aromatic N) is 1. The van der Waals surface area contributed by atoms with E-state index >= 15 is 0 Å². The largest absolute Gasteiger partial charge is 0.335 e. The number of piperidine rings is 1. The van der Waals surface area contributed by atoms with Crippen molar-refractivity contribution in [2.75, 3.05) is 19.3 Å². The van der Waals surface area contributed by atoms with E-state index in [4.69, 9.17) is 0 Å². The molecule has 0 saturated carbocycles. The number of carbonyl (C=O) groups excluding carboxylic acids is 1. The summed E-state index contributed by atoms with van der Waals surface area (Å²) in [5, 5.41) is 5.60. The van der Waals surface area contributed by atoms with Gasteiger partial charge in [-0.3, -0.25) is 0 Å². The number of hydrogen-bond donors (Lipinski definition) is 2. The molecule has 2 amide bonds. The van der Waals surface area contributed by atoms with Crippen LogP contribution in [-0.4, -0.2) is 44.1 Å². The second kappa shape index (κ2) is 7.27. The lowest BCUT2D eigenvalue weighted by Crippen LogP contribution is -2.49. The molecule has 1 aliphatic heterocycles. The lowest BCUT2D eigenvalue weighted by atomic mass is 10.1. The van der Waals surface area contributed by atoms with Crippen LogP contribution in [-0.2, 0) is 10.0 Å². The zero-order valence-electron chi connectivity index (χ0n) is 13.3. The summed E-state index contributed by atoms with van der Waals surface area (Å²) in [6, 6.07) is 5.37. The van der Waals surface area contributed by atoms with E-state index in [-0.39, 0.29) is 23.9 Å². The zero-order valence-corrected chi connectivity index (χ0v) is 14.1. The zero-order chi connectivity index (χ0) is 17.0. The van der Waals surface area contributed by atoms with Crippen molar-refractivity contribution in [1.82, 2.24) is 14.9 Å². The van der Waals surface area contributed by atoms with Crippen LogP contribution in [0.5, 0.6) is 0 Å². The first kappa shape index (κ1) is 17.7. The highest BCUT2D eigenvalue weighted by molar-refractivity contribution is 7.88. The molecule has 0 radical (unpaired) electrons. The first-order valence-electron chi connectivity index (χ1n) is 7.53. The van der Waals surface area contributed by atoms with E-state index in [0.717, 1.165) is 0 Å². The van der Waals surface area contributed by atoms with E-state index in [9.17, 15) is 17.6 Å². The van der Waals surface area contributed by atoms with Crippen molar-refractivity contribution in [2.24, 2.45) is 0 Å². The van der Waals surface area contributed by atoms with Gasteiger partial charge in [-0.25, -0.2) is 21.9 Å². The fourth-order valence-electron chi connectivity index (χ4n) is 2.61. The molecule has 0 spiro atoms. The van der Waals surface area contributed by atoms with Crippen LogP contribution in [0.2, 0.25) is 0 Å². The van der Waals surface area contributed by atoms with Crippen molar-refractivity contribution >= 4 is 16.1 Å². The Morgan fingerprint density at radius 1 is 1.35 bits per heavy atom. The molecule has 0 aromatic heterocycles. The predicted molar refractivity (Wildman–Crippen MR) is 85.9 cm³/mol. The molecule has 128 valence electrons. The molecular weight excluding hydrogens is 321 g/mol. The Balaban J connectivity index is 1.82. The first-order chi connectivity index (χ1) is 10.8. The molecule has 1 saturated heterocycles. The van der Waals surface area contributed by atoms with Gasteiger partial charge in [0.1, 0.15) is 5.82 Å². The summed E-state index contributed by atoms with van der Waals surface area (Å²) >= 11 is 0. The molecule has 2 N–H and O–H groups in total. The molecule has 23 heavy (non-hydrogen) atoms. The maximum Gasteiger partial charge on any atom is 0.315 e. The Hall–Kier alpha value is -1.67. The molecule has 1 aromatic rings. The van der Waals surface area contributed by atoms with E-state index in [2.05, 4.69) is 10.6 Å². The molecule has 0 unspecified atom stereocenters. The average Bonchev–Trinajstić information content (AvgIpc) is 2.46. The minimum atomic E-state index is -3.17. The maximum absolute atomic E-state index is 13.2. The molecule has 6 nitrogen and oxygen atoms in total. The van der Waals surface area contributed by atoms with Gasteiger partial charge >= 0.3 is 6.03 Å². The molecule has 1 atom stereocenters. The smallest absolute Gasteiger partial charge is 0.315 e. The summed E-state index contributed by atoms with van der Waals surface area (Å²) in [6.07, 6.45) is 2.35. The lowest BCUT2D eigenvalue weighted by Gasteiger charge is -2.31. The number of amides is 2. The highest BCUT2D eigenvalue weighted by Gasteiger charge is 2.26. The summed E-state index contributed by atoms with van der Waals surface area (Å²) in [5.74, 6) is -0.343. The number of nitrogens with one attached hydrogen (secondary N) is 2. The number of benzene rings is 1. The van der Waals surface area contributed by atoms with E-state index in [1.54, 1.807) is 19.1 Å². The number of carbonyl (C=O) groups is 1. The third kappa shape index (κ3) is 5.18. The fourth-order valence-corrected chi connectivity index (χ4v) is 3.49. The molecule has 1 fully saturated rings. The number of rotatable bonds is 4. The average molecular weight is 343 g/mol. The van der Waals surface area contributed by atoms with Crippen molar-refractivity contribution < 1.29 is 17.6 Å². The first-order valence-corrected chi connectivity index (χ1v) is 9.38. The SMILES string of the molecule is C[C@H](NC(=O)NC1CCN(S(C)(=O)=O)CC1)c1cccc(F)c1. The van der Waals surface area contributed by atoms with Gasteiger partial charge in [-0.15, -0.1) is 0 Å². The second-order valence-electron chi connectivity index (χ2n) is 5.83. The third-order valence-electron chi connectivity index (χ3n) is 3.95. The molecule has 0 aliphatic carbocycles. The normalized spacial score (nSPS) is 18.4. The lowest BCUT2D eigenvalue weighted by molar-refractivity contribution is 0.225. The van der Waals surface area contributed by atoms with E-state index in [1.165, 1.54) is 22.7 Å². The maximum atomic E-state index is 13.2. The summed E-state index contributed by atoms with van der Waals surface area (Å²) in [5.41, 5.74) is 0.687. The van der Waals surface area contributed by atoms with Gasteiger partial charge in [0.15, 0.2) is 0 Å². The van der Waals surface area contributed by atoms with Gasteiger partial charge in [0.2, 0.25) is 10.0 Å². The molecule has 1 aromatic carbocycles. The van der Waals surface area contributed by atoms with Crippen molar-refractivity contribution in [1.29, 1.82) is 0 Å². The van der Waals surface area contributed by atoms with Crippen molar-refractivity contribution in [3.8, 4) is 0 Å². The van der Waals surface area contributed by atoms with Gasteiger partial charge < -0.3 is 10.6 Å². The van der Waals surface area contributed by atoms with Gasteiger partial charge in [0.25, 0.3) is 0 Å². The van der Waals surface area contributed by atoms with Gasteiger partial charge in [0.05, 0.1) is 12.3 Å². The highest BCUT2D eigenvalue weighted by Crippen LogP contribution is 2.15. The highest BCUT2D eigenvalue weighted by atomic mass is 32.2. The third-order valence-corrected chi connectivity index (χ3v) is 5.26. The van der Waals surface area contributed by atoms with Crippen LogP contribution in [0.25, 0.3) is 0 Å². The summed E-state index contributed by atoms with van der Waals surface area (Å²) in [6.45, 7) is 2.59. The van der Waals surface area contributed by atoms with Gasteiger partial charge in [-0.2, -0.15) is 0 Å². The van der Waals surface area contributed by atoms with Gasteiger partial charge in [-0.1, -0.05) is 12.1 Å². The monoisotopic (exact) mass is 343 g/mol. The summed E-state index contributed by atoms with van der Waals surface area (Å²) < 4.78 is 37.5. The number of halogens is 1. The molecule has 2 rings (SSSR count). The van der Waals surface area contributed by atoms with Crippen molar-refractivity contribution in [2.45, 2.75) is 31.8 Å². The van der Waals surface area contributed by atoms with Crippen molar-refractivity contribution in [3.05, 3.63) is 35.6 Å². The molecule has 1 heterocycles. The second-order valence-corrected chi connectivity index (χ2v) is 7.81. The molecule has 0 bridgehead atoms. The number of sulfonamides is 1. The Bertz CT molecular complexity index is 658. The summed E-state index contributed by atoms with van der Waals surface area (Å²) in [7, 11) is -3.17. The quantitative estimate of drug-likeness (QED) is 0.872. The number of hydrogen-bond acceptors (Lipinski definition) is 3. The van der Waals surface area contributed by atoms with Crippen LogP contribution < -0.4 is 10.6 Å². The molecular formula is C15H22FN3O3S. The topological polar surface area (TPSA) is 78.5 Å². The van der Waals surface area contributed by atoms with Crippen LogP contribution in [0.15, 0.2) is 24.3 Å². The Kier molecular flexibility index (Phi) is 5.59. The van der Waals surface area contributed by atoms with Crippen LogP contribution >= 0.6 is 0 Å². The summed E-state index contributed by atoms with van der Waals surface area (Å²) in [4.78, 5) is 12.0. The van der Waals surface area contributed by atoms with Crippen LogP contribution in [0.1, 0.15) is 31.4 Å². The Labute approximate surface area is 136 Å². The van der Waals surface area contributed by atoms with E-state index < -0.39 is 10.0 Å². The fraction of sp³-hybridized carbons (Fsp3) is 0.533. The standard InChI is InChI=1S/C15H22FN3O3S/c1-11(12-4-3-5-13(16)10-12)17-15(20)18-14-6-8-19(9-7-14)23(2,21)22/h3-5,10-11,14H,6-9H2,1-2H3,(H2,17,18,20)/t11-/m0/s1. The number of urea groups is 1. The Morgan fingerprint density at radius 2 is 2.00 bits per heavy atom. The minimum absolute atomic E-state index is 0.0623. The van der Waals surface area contributed by atoms with Gasteiger partial charge in [0, 0.05) is 19.1 Å². The van der Waals surface area contributed by atoms with Crippen LogP contribution in [0.4, 0.5) is 9.18 Å². The van der Waals surface area contributed by atoms with Crippen molar-refractivity contribution in [3.63, 3.8) is 0 Å². The molecule has 1 aliphatic rings. The van der Waals surface area contributed by atoms with Gasteiger partial charge in [-0.05, 0) is 37.5 Å². The van der Waals surface area contributed by atoms with Crippen LogP contribution in [0, 0.1) is 5.82 Å². The van der Waals surface area contributed by atoms with E-state index in [0.29, 0.717) is 31.5 Å². The predicted octanol–water partition coefficient (Wildman–Crippen LogP) is 1.61. The van der Waals surface area contributed by atoms with Crippen LogP contribution in [0.3, 0.4) is 0 Å². The molecule has 8 heteroatoms. The Morgan fingerprint density at radius 3 is 2.57 bits per heavy atom.